The summed E-state index contributed by atoms with van der Waals surface area (Å²) in [6.45, 7) is 5.96. The highest BCUT2D eigenvalue weighted by atomic mass is 16.6. The van der Waals surface area contributed by atoms with Crippen LogP contribution in [0.25, 0.3) is 0 Å². The third-order valence-corrected chi connectivity index (χ3v) is 4.18. The molecule has 1 aromatic rings. The highest BCUT2D eigenvalue weighted by molar-refractivity contribution is 5.52. The van der Waals surface area contributed by atoms with Crippen molar-refractivity contribution in [1.29, 1.82) is 0 Å². The molecular formula is C14H20N2O3. The molecule has 1 saturated carbocycles. The summed E-state index contributed by atoms with van der Waals surface area (Å²) < 4.78 is 5.89. The Bertz CT molecular complexity index is 499. The number of para-hydroxylation sites is 1. The Morgan fingerprint density at radius 2 is 2.16 bits per heavy atom. The van der Waals surface area contributed by atoms with Gasteiger partial charge in [0, 0.05) is 23.4 Å². The lowest BCUT2D eigenvalue weighted by molar-refractivity contribution is -0.386. The quantitative estimate of drug-likeness (QED) is 0.670. The van der Waals surface area contributed by atoms with Crippen LogP contribution in [0.15, 0.2) is 18.2 Å². The molecule has 1 aromatic carbocycles. The van der Waals surface area contributed by atoms with E-state index in [-0.39, 0.29) is 22.1 Å². The van der Waals surface area contributed by atoms with Crippen molar-refractivity contribution < 1.29 is 9.66 Å². The minimum atomic E-state index is -0.369. The molecule has 0 heterocycles. The number of nitro benzene ring substituents is 1. The highest BCUT2D eigenvalue weighted by Gasteiger charge is 2.49. The highest BCUT2D eigenvalue weighted by Crippen LogP contribution is 2.44. The number of ether oxygens (including phenoxy) is 1. The van der Waals surface area contributed by atoms with Gasteiger partial charge in [0.2, 0.25) is 0 Å². The first-order valence-corrected chi connectivity index (χ1v) is 6.46. The van der Waals surface area contributed by atoms with Crippen molar-refractivity contribution in [3.05, 3.63) is 33.9 Å². The minimum Gasteiger partial charge on any atom is -0.483 e. The first-order valence-electron chi connectivity index (χ1n) is 6.46. The number of nitrogens with one attached hydrogen (secondary N) is 1. The van der Waals surface area contributed by atoms with Crippen molar-refractivity contribution in [3.63, 3.8) is 0 Å². The van der Waals surface area contributed by atoms with E-state index in [9.17, 15) is 10.1 Å². The second-order valence-electron chi connectivity index (χ2n) is 5.68. The van der Waals surface area contributed by atoms with Gasteiger partial charge in [0.05, 0.1) is 4.92 Å². The predicted molar refractivity (Wildman–Crippen MR) is 73.5 cm³/mol. The summed E-state index contributed by atoms with van der Waals surface area (Å²) in [5.41, 5.74) is 0.683. The van der Waals surface area contributed by atoms with Crippen LogP contribution in [-0.4, -0.2) is 24.1 Å². The van der Waals surface area contributed by atoms with Crippen LogP contribution in [0.5, 0.6) is 5.75 Å². The molecule has 0 bridgehead atoms. The average molecular weight is 264 g/mol. The molecule has 104 valence electrons. The van der Waals surface area contributed by atoms with Gasteiger partial charge in [-0.15, -0.1) is 0 Å². The standard InChI is InChI=1S/C14H20N2O3/c1-9-6-5-7-10(13(9)16(17)18)19-12-8-11(15-4)14(12,2)3/h5-7,11-12,15H,8H2,1-4H3. The van der Waals surface area contributed by atoms with Gasteiger partial charge < -0.3 is 10.1 Å². The molecule has 1 fully saturated rings. The first-order chi connectivity index (χ1) is 8.87. The van der Waals surface area contributed by atoms with Gasteiger partial charge in [-0.25, -0.2) is 0 Å². The van der Waals surface area contributed by atoms with E-state index in [2.05, 4.69) is 19.2 Å². The number of benzene rings is 1. The molecule has 1 aliphatic rings. The van der Waals surface area contributed by atoms with E-state index in [1.165, 1.54) is 0 Å². The molecule has 0 saturated heterocycles. The second-order valence-corrected chi connectivity index (χ2v) is 5.68. The molecular weight excluding hydrogens is 244 g/mol. The smallest absolute Gasteiger partial charge is 0.313 e. The topological polar surface area (TPSA) is 64.4 Å². The van der Waals surface area contributed by atoms with Crippen molar-refractivity contribution in [2.75, 3.05) is 7.05 Å². The monoisotopic (exact) mass is 264 g/mol. The van der Waals surface area contributed by atoms with Crippen molar-refractivity contribution >= 4 is 5.69 Å². The lowest BCUT2D eigenvalue weighted by atomic mass is 9.64. The first kappa shape index (κ1) is 13.8. The largest absolute Gasteiger partial charge is 0.483 e. The summed E-state index contributed by atoms with van der Waals surface area (Å²) in [7, 11) is 1.93. The van der Waals surface area contributed by atoms with Gasteiger partial charge in [-0.2, -0.15) is 0 Å². The Kier molecular flexibility index (Phi) is 3.49. The van der Waals surface area contributed by atoms with Gasteiger partial charge in [-0.05, 0) is 20.0 Å². The maximum atomic E-state index is 11.1. The third-order valence-electron chi connectivity index (χ3n) is 4.18. The normalized spacial score (nSPS) is 24.6. The van der Waals surface area contributed by atoms with E-state index in [0.29, 0.717) is 17.4 Å². The number of nitro groups is 1. The van der Waals surface area contributed by atoms with Crippen LogP contribution in [-0.2, 0) is 0 Å². The SMILES string of the molecule is CNC1CC(Oc2cccc(C)c2[N+](=O)[O-])C1(C)C. The lowest BCUT2D eigenvalue weighted by Gasteiger charge is -2.51. The van der Waals surface area contributed by atoms with E-state index >= 15 is 0 Å². The fourth-order valence-electron chi connectivity index (χ4n) is 2.69. The van der Waals surface area contributed by atoms with Crippen molar-refractivity contribution in [2.45, 2.75) is 39.3 Å². The molecule has 2 unspecified atom stereocenters. The summed E-state index contributed by atoms with van der Waals surface area (Å²) >= 11 is 0. The van der Waals surface area contributed by atoms with Crippen LogP contribution >= 0.6 is 0 Å². The van der Waals surface area contributed by atoms with E-state index in [1.807, 2.05) is 7.05 Å². The molecule has 0 aromatic heterocycles. The molecule has 19 heavy (non-hydrogen) atoms. The van der Waals surface area contributed by atoms with Gasteiger partial charge in [0.15, 0.2) is 5.75 Å². The summed E-state index contributed by atoms with van der Waals surface area (Å²) in [6, 6.07) is 5.58. The van der Waals surface area contributed by atoms with Crippen LogP contribution in [0, 0.1) is 22.5 Å². The predicted octanol–water partition coefficient (Wildman–Crippen LogP) is 2.67. The fraction of sp³-hybridized carbons (Fsp3) is 0.571. The maximum absolute atomic E-state index is 11.1. The Morgan fingerprint density at radius 3 is 2.68 bits per heavy atom. The molecule has 1 aliphatic carbocycles. The molecule has 2 atom stereocenters. The molecule has 2 rings (SSSR count). The summed E-state index contributed by atoms with van der Waals surface area (Å²) in [5, 5.41) is 14.4. The number of aryl methyl sites for hydroxylation is 1. The Labute approximate surface area is 113 Å². The lowest BCUT2D eigenvalue weighted by Crippen LogP contribution is -2.61. The molecule has 1 N–H and O–H groups in total. The van der Waals surface area contributed by atoms with Crippen molar-refractivity contribution in [3.8, 4) is 5.75 Å². The van der Waals surface area contributed by atoms with Crippen LogP contribution in [0.4, 0.5) is 5.69 Å². The van der Waals surface area contributed by atoms with E-state index < -0.39 is 0 Å². The van der Waals surface area contributed by atoms with Gasteiger partial charge in [0.1, 0.15) is 6.10 Å². The summed E-state index contributed by atoms with van der Waals surface area (Å²) in [5.74, 6) is 0.373. The molecule has 0 radical (unpaired) electrons. The third kappa shape index (κ3) is 2.30. The Morgan fingerprint density at radius 1 is 1.47 bits per heavy atom. The van der Waals surface area contributed by atoms with Crippen LogP contribution in [0.2, 0.25) is 0 Å². The summed E-state index contributed by atoms with van der Waals surface area (Å²) in [4.78, 5) is 10.8. The molecule has 5 nitrogen and oxygen atoms in total. The van der Waals surface area contributed by atoms with E-state index in [0.717, 1.165) is 6.42 Å². The second kappa shape index (κ2) is 4.81. The number of rotatable bonds is 4. The number of hydrogen-bond donors (Lipinski definition) is 1. The van der Waals surface area contributed by atoms with Crippen molar-refractivity contribution in [2.24, 2.45) is 5.41 Å². The van der Waals surface area contributed by atoms with Gasteiger partial charge in [0.25, 0.3) is 0 Å². The average Bonchev–Trinajstić information content (AvgIpc) is 2.33. The van der Waals surface area contributed by atoms with Gasteiger partial charge in [-0.1, -0.05) is 26.0 Å². The maximum Gasteiger partial charge on any atom is 0.313 e. The van der Waals surface area contributed by atoms with Crippen LogP contribution in [0.3, 0.4) is 0 Å². The van der Waals surface area contributed by atoms with E-state index in [4.69, 9.17) is 4.74 Å². The molecule has 0 amide bonds. The van der Waals surface area contributed by atoms with Crippen LogP contribution < -0.4 is 10.1 Å². The number of hydrogen-bond acceptors (Lipinski definition) is 4. The van der Waals surface area contributed by atoms with Crippen LogP contribution in [0.1, 0.15) is 25.8 Å². The summed E-state index contributed by atoms with van der Waals surface area (Å²) in [6.07, 6.45) is 0.875. The van der Waals surface area contributed by atoms with Gasteiger partial charge >= 0.3 is 5.69 Å². The minimum absolute atomic E-state index is 0.00505. The van der Waals surface area contributed by atoms with Crippen molar-refractivity contribution in [1.82, 2.24) is 5.32 Å². The zero-order valence-electron chi connectivity index (χ0n) is 11.8. The van der Waals surface area contributed by atoms with Gasteiger partial charge in [-0.3, -0.25) is 10.1 Å². The Balaban J connectivity index is 2.22. The van der Waals surface area contributed by atoms with E-state index in [1.54, 1.807) is 25.1 Å². The number of nitrogens with zero attached hydrogens (tertiary/aromatic N) is 1. The molecule has 0 spiro atoms. The molecule has 5 heteroatoms. The zero-order chi connectivity index (χ0) is 14.2. The fourth-order valence-corrected chi connectivity index (χ4v) is 2.69. The Hall–Kier alpha value is -1.62. The molecule has 0 aliphatic heterocycles. The zero-order valence-corrected chi connectivity index (χ0v) is 11.8.